The number of piperazine rings is 1. The lowest BCUT2D eigenvalue weighted by Gasteiger charge is -2.41. The van der Waals surface area contributed by atoms with Gasteiger partial charge in [-0.2, -0.15) is 4.98 Å². The number of halogens is 4. The lowest BCUT2D eigenvalue weighted by molar-refractivity contribution is -0.126. The molecule has 3 aliphatic rings. The molecule has 3 aliphatic heterocycles. The third kappa shape index (κ3) is 4.64. The van der Waals surface area contributed by atoms with Gasteiger partial charge in [0.15, 0.2) is 5.75 Å². The van der Waals surface area contributed by atoms with Crippen LogP contribution in [0.1, 0.15) is 31.4 Å². The first-order valence-electron chi connectivity index (χ1n) is 13.6. The molecule has 0 N–H and O–H groups in total. The first-order valence-corrected chi connectivity index (χ1v) is 14.0. The average Bonchev–Trinajstić information content (AvgIpc) is 2.92. The topological polar surface area (TPSA) is 70.9 Å². The Hall–Kier alpha value is -3.57. The minimum Gasteiger partial charge on any atom is -0.488 e. The fourth-order valence-electron chi connectivity index (χ4n) is 6.10. The number of rotatable bonds is 6. The number of aromatic nitrogens is 2. The van der Waals surface area contributed by atoms with Crippen LogP contribution in [0.4, 0.5) is 19.0 Å². The van der Waals surface area contributed by atoms with Crippen molar-refractivity contribution in [1.82, 2.24) is 19.4 Å². The minimum atomic E-state index is -2.96. The Bertz CT molecular complexity index is 1610. The van der Waals surface area contributed by atoms with Gasteiger partial charge in [-0.3, -0.25) is 9.36 Å². The lowest BCUT2D eigenvalue weighted by Crippen LogP contribution is -2.54. The first kappa shape index (κ1) is 27.6. The number of nitrogens with zero attached hydrogens (tertiary/aromatic N) is 5. The molecule has 0 aliphatic carbocycles. The van der Waals surface area contributed by atoms with E-state index < -0.39 is 23.5 Å². The number of hydrogen-bond donors (Lipinski definition) is 0. The number of anilines is 1. The molecule has 216 valence electrons. The summed E-state index contributed by atoms with van der Waals surface area (Å²) in [6, 6.07) is 4.43. The van der Waals surface area contributed by atoms with Gasteiger partial charge in [0.2, 0.25) is 5.91 Å². The number of carbonyl (C=O) groups excluding carboxylic acids is 1. The Kier molecular flexibility index (Phi) is 7.19. The minimum absolute atomic E-state index is 0.00191. The van der Waals surface area contributed by atoms with Gasteiger partial charge < -0.3 is 19.4 Å². The summed E-state index contributed by atoms with van der Waals surface area (Å²) in [4.78, 5) is 36.3. The molecular weight excluding hydrogens is 559 g/mol. The molecular formula is C29H29ClF3N5O3. The van der Waals surface area contributed by atoms with Gasteiger partial charge in [-0.25, -0.2) is 18.0 Å². The Morgan fingerprint density at radius 2 is 2.02 bits per heavy atom. The van der Waals surface area contributed by atoms with Crippen molar-refractivity contribution in [3.63, 3.8) is 0 Å². The smallest absolute Gasteiger partial charge is 0.350 e. The number of alkyl halides is 2. The van der Waals surface area contributed by atoms with Gasteiger partial charge in [0.25, 0.3) is 6.43 Å². The van der Waals surface area contributed by atoms with E-state index in [1.807, 2.05) is 11.8 Å². The van der Waals surface area contributed by atoms with E-state index in [1.54, 1.807) is 15.5 Å². The van der Waals surface area contributed by atoms with Gasteiger partial charge in [0.1, 0.15) is 18.2 Å². The molecule has 8 nitrogen and oxygen atoms in total. The number of carbonyl (C=O) groups is 1. The van der Waals surface area contributed by atoms with E-state index in [0.29, 0.717) is 42.9 Å². The molecule has 2 atom stereocenters. The molecule has 1 amide bonds. The number of likely N-dealkylation sites (tertiary alicyclic amines) is 1. The molecule has 2 saturated heterocycles. The van der Waals surface area contributed by atoms with Crippen molar-refractivity contribution < 1.29 is 22.7 Å². The van der Waals surface area contributed by atoms with E-state index in [0.717, 1.165) is 31.6 Å². The largest absolute Gasteiger partial charge is 0.488 e. The van der Waals surface area contributed by atoms with Crippen molar-refractivity contribution in [2.24, 2.45) is 0 Å². The number of benzene rings is 2. The van der Waals surface area contributed by atoms with Gasteiger partial charge in [-0.05, 0) is 44.6 Å². The summed E-state index contributed by atoms with van der Waals surface area (Å²) < 4.78 is 51.2. The molecule has 0 spiro atoms. The van der Waals surface area contributed by atoms with Crippen molar-refractivity contribution in [3.8, 4) is 16.9 Å². The van der Waals surface area contributed by atoms with Crippen LogP contribution in [0.3, 0.4) is 0 Å². The number of ether oxygens (including phenoxy) is 1. The summed E-state index contributed by atoms with van der Waals surface area (Å²) in [6.45, 7) is 9.07. The molecule has 1 aromatic heterocycles. The third-order valence-corrected chi connectivity index (χ3v) is 8.51. The standard InChI is InChI=1S/C29H29ClF3N5O3/c1-3-22(39)36-10-11-37(16(2)13-36)28-19-12-20(30)24(23-18(27(32)33)6-4-7-21(23)31)26-25(19)38(29(40)34-28)17(15-41-26)14-35-8-5-9-35/h3-4,6-7,12,16-17,27H,1,5,8-11,13-15H2,2H3/t16-,17?/m0/s1. The zero-order valence-electron chi connectivity index (χ0n) is 22.5. The highest BCUT2D eigenvalue weighted by molar-refractivity contribution is 6.35. The second-order valence-corrected chi connectivity index (χ2v) is 11.1. The highest BCUT2D eigenvalue weighted by Gasteiger charge is 2.36. The van der Waals surface area contributed by atoms with E-state index in [-0.39, 0.29) is 46.5 Å². The second-order valence-electron chi connectivity index (χ2n) is 10.7. The molecule has 1 unspecified atom stereocenters. The quantitative estimate of drug-likeness (QED) is 0.391. The Balaban J connectivity index is 1.58. The van der Waals surface area contributed by atoms with Crippen molar-refractivity contribution in [3.05, 3.63) is 63.8 Å². The van der Waals surface area contributed by atoms with Gasteiger partial charge in [0.05, 0.1) is 16.6 Å². The van der Waals surface area contributed by atoms with Crippen LogP contribution >= 0.6 is 11.6 Å². The molecule has 6 rings (SSSR count). The molecule has 2 aromatic carbocycles. The molecule has 2 fully saturated rings. The maximum atomic E-state index is 15.3. The average molecular weight is 588 g/mol. The number of amides is 1. The van der Waals surface area contributed by atoms with Crippen LogP contribution in [0.15, 0.2) is 41.7 Å². The van der Waals surface area contributed by atoms with Crippen LogP contribution in [0.25, 0.3) is 22.0 Å². The molecule has 0 saturated carbocycles. The maximum Gasteiger partial charge on any atom is 0.350 e. The van der Waals surface area contributed by atoms with Gasteiger partial charge >= 0.3 is 5.69 Å². The molecule has 0 bridgehead atoms. The second kappa shape index (κ2) is 10.7. The Morgan fingerprint density at radius 1 is 1.24 bits per heavy atom. The van der Waals surface area contributed by atoms with Crippen LogP contribution in [0.2, 0.25) is 5.02 Å². The summed E-state index contributed by atoms with van der Waals surface area (Å²) in [5.74, 6) is -0.624. The van der Waals surface area contributed by atoms with E-state index in [9.17, 15) is 18.4 Å². The van der Waals surface area contributed by atoms with Gasteiger partial charge in [-0.1, -0.05) is 30.3 Å². The fraction of sp³-hybridized carbons (Fsp3) is 0.414. The Labute approximate surface area is 239 Å². The molecule has 4 heterocycles. The van der Waals surface area contributed by atoms with Crippen LogP contribution in [-0.2, 0) is 4.79 Å². The summed E-state index contributed by atoms with van der Waals surface area (Å²) in [7, 11) is 0. The first-order chi connectivity index (χ1) is 19.7. The van der Waals surface area contributed by atoms with Crippen LogP contribution < -0.4 is 15.3 Å². The van der Waals surface area contributed by atoms with Crippen molar-refractivity contribution in [2.45, 2.75) is 31.9 Å². The number of hydrogen-bond acceptors (Lipinski definition) is 6. The third-order valence-electron chi connectivity index (χ3n) is 8.22. The monoisotopic (exact) mass is 587 g/mol. The van der Waals surface area contributed by atoms with Crippen molar-refractivity contribution in [2.75, 3.05) is 50.8 Å². The van der Waals surface area contributed by atoms with Crippen LogP contribution in [0, 0.1) is 5.82 Å². The van der Waals surface area contributed by atoms with Gasteiger partial charge in [-0.15, -0.1) is 0 Å². The van der Waals surface area contributed by atoms with Crippen LogP contribution in [0.5, 0.6) is 5.75 Å². The summed E-state index contributed by atoms with van der Waals surface area (Å²) in [5.41, 5.74) is -1.07. The Morgan fingerprint density at radius 3 is 2.68 bits per heavy atom. The summed E-state index contributed by atoms with van der Waals surface area (Å²) in [6.07, 6.45) is -0.635. The van der Waals surface area contributed by atoms with Crippen LogP contribution in [-0.4, -0.2) is 77.2 Å². The summed E-state index contributed by atoms with van der Waals surface area (Å²) in [5, 5.41) is 0.494. The van der Waals surface area contributed by atoms with Crippen molar-refractivity contribution >= 4 is 34.2 Å². The molecule has 3 aromatic rings. The molecule has 41 heavy (non-hydrogen) atoms. The van der Waals surface area contributed by atoms with E-state index in [1.165, 1.54) is 12.1 Å². The summed E-state index contributed by atoms with van der Waals surface area (Å²) >= 11 is 6.77. The predicted octanol–water partition coefficient (Wildman–Crippen LogP) is 4.66. The van der Waals surface area contributed by atoms with E-state index in [4.69, 9.17) is 16.3 Å². The lowest BCUT2D eigenvalue weighted by atomic mass is 9.95. The SMILES string of the molecule is C=CC(=O)N1CCN(c2nc(=O)n3c4c(c(-c5c(F)cccc5C(F)F)c(Cl)cc24)OCC3CN2CCC2)[C@@H](C)C1. The zero-order chi connectivity index (χ0) is 29.0. The fourth-order valence-corrected chi connectivity index (χ4v) is 6.39. The van der Waals surface area contributed by atoms with E-state index in [2.05, 4.69) is 16.5 Å². The van der Waals surface area contributed by atoms with Crippen molar-refractivity contribution in [1.29, 1.82) is 0 Å². The van der Waals surface area contributed by atoms with Gasteiger partial charge in [0, 0.05) is 54.3 Å². The van der Waals surface area contributed by atoms with E-state index >= 15 is 4.39 Å². The normalized spacial score (nSPS) is 20.7. The maximum absolute atomic E-state index is 15.3. The molecule has 0 radical (unpaired) electrons. The highest BCUT2D eigenvalue weighted by atomic mass is 35.5. The highest BCUT2D eigenvalue weighted by Crippen LogP contribution is 2.49. The predicted molar refractivity (Wildman–Crippen MR) is 151 cm³/mol. The zero-order valence-corrected chi connectivity index (χ0v) is 23.2. The molecule has 12 heteroatoms.